The van der Waals surface area contributed by atoms with Gasteiger partial charge in [-0.05, 0) is 22.9 Å². The first kappa shape index (κ1) is 8.94. The summed E-state index contributed by atoms with van der Waals surface area (Å²) in [6.45, 7) is -2.77. The summed E-state index contributed by atoms with van der Waals surface area (Å²) in [6, 6.07) is 12.4. The quantitative estimate of drug-likeness (QED) is 0.711. The molecule has 0 atom stereocenters. The average Bonchev–Trinajstić information content (AvgIpc) is 2.17. The number of hydrogen-bond donors (Lipinski definition) is 0. The van der Waals surface area contributed by atoms with Gasteiger partial charge in [0.25, 0.3) is 0 Å². The van der Waals surface area contributed by atoms with Crippen molar-refractivity contribution in [1.82, 2.24) is 0 Å². The first-order valence-corrected chi connectivity index (χ1v) is 4.19. The van der Waals surface area contributed by atoms with Crippen molar-refractivity contribution in [3.63, 3.8) is 0 Å². The molecule has 72 valence electrons. The number of hydrogen-bond acceptors (Lipinski definition) is 1. The standard InChI is InChI=1S/C11H8F2O/c12-11(13)14-10-6-5-8-3-1-2-4-9(8)7-10/h1-7,11H. The van der Waals surface area contributed by atoms with Gasteiger partial charge in [-0.15, -0.1) is 0 Å². The Labute approximate surface area is 79.9 Å². The summed E-state index contributed by atoms with van der Waals surface area (Å²) in [5.74, 6) is 0.193. The molecule has 0 radical (unpaired) electrons. The molecule has 2 aromatic rings. The van der Waals surface area contributed by atoms with Crippen molar-refractivity contribution >= 4 is 10.8 Å². The molecule has 0 bridgehead atoms. The van der Waals surface area contributed by atoms with E-state index in [1.54, 1.807) is 12.1 Å². The van der Waals surface area contributed by atoms with Crippen LogP contribution in [-0.2, 0) is 0 Å². The summed E-state index contributed by atoms with van der Waals surface area (Å²) in [5.41, 5.74) is 0. The summed E-state index contributed by atoms with van der Waals surface area (Å²) in [7, 11) is 0. The molecule has 2 rings (SSSR count). The maximum Gasteiger partial charge on any atom is 0.387 e. The Morgan fingerprint density at radius 2 is 1.64 bits per heavy atom. The van der Waals surface area contributed by atoms with Crippen LogP contribution in [0, 0.1) is 0 Å². The van der Waals surface area contributed by atoms with Crippen molar-refractivity contribution in [3.8, 4) is 5.75 Å². The van der Waals surface area contributed by atoms with E-state index < -0.39 is 6.61 Å². The molecule has 0 aliphatic carbocycles. The Morgan fingerprint density at radius 1 is 0.929 bits per heavy atom. The third-order valence-electron chi connectivity index (χ3n) is 1.95. The number of benzene rings is 2. The number of fused-ring (bicyclic) bond motifs is 1. The number of halogens is 2. The molecule has 0 amide bonds. The molecule has 0 saturated carbocycles. The highest BCUT2D eigenvalue weighted by Crippen LogP contribution is 2.21. The second-order valence-corrected chi connectivity index (χ2v) is 2.89. The third-order valence-corrected chi connectivity index (χ3v) is 1.95. The van der Waals surface area contributed by atoms with E-state index in [4.69, 9.17) is 0 Å². The second-order valence-electron chi connectivity index (χ2n) is 2.89. The van der Waals surface area contributed by atoms with Crippen LogP contribution in [0.1, 0.15) is 0 Å². The summed E-state index contributed by atoms with van der Waals surface area (Å²) >= 11 is 0. The van der Waals surface area contributed by atoms with E-state index in [0.29, 0.717) is 0 Å². The molecule has 0 unspecified atom stereocenters. The summed E-state index contributed by atoms with van der Waals surface area (Å²) < 4.78 is 28.1. The van der Waals surface area contributed by atoms with Crippen LogP contribution in [0.2, 0.25) is 0 Å². The lowest BCUT2D eigenvalue weighted by atomic mass is 10.1. The van der Waals surface area contributed by atoms with E-state index in [0.717, 1.165) is 10.8 Å². The zero-order chi connectivity index (χ0) is 9.97. The molecule has 0 fully saturated rings. The molecule has 0 spiro atoms. The van der Waals surface area contributed by atoms with Crippen LogP contribution in [0.5, 0.6) is 5.75 Å². The lowest BCUT2D eigenvalue weighted by Gasteiger charge is -2.05. The highest BCUT2D eigenvalue weighted by molar-refractivity contribution is 5.83. The fraction of sp³-hybridized carbons (Fsp3) is 0.0909. The topological polar surface area (TPSA) is 9.23 Å². The highest BCUT2D eigenvalue weighted by Gasteiger charge is 2.03. The summed E-state index contributed by atoms with van der Waals surface area (Å²) in [4.78, 5) is 0. The van der Waals surface area contributed by atoms with Gasteiger partial charge < -0.3 is 4.74 Å². The van der Waals surface area contributed by atoms with Gasteiger partial charge in [0, 0.05) is 0 Å². The minimum atomic E-state index is -2.77. The van der Waals surface area contributed by atoms with E-state index in [9.17, 15) is 8.78 Å². The van der Waals surface area contributed by atoms with Crippen molar-refractivity contribution in [3.05, 3.63) is 42.5 Å². The molecule has 3 heteroatoms. The van der Waals surface area contributed by atoms with Crippen LogP contribution in [0.4, 0.5) is 8.78 Å². The largest absolute Gasteiger partial charge is 0.435 e. The number of ether oxygens (including phenoxy) is 1. The number of alkyl halides is 2. The van der Waals surface area contributed by atoms with Crippen LogP contribution >= 0.6 is 0 Å². The minimum absolute atomic E-state index is 0.193. The predicted molar refractivity (Wildman–Crippen MR) is 50.6 cm³/mol. The Balaban J connectivity index is 2.41. The molecule has 0 aromatic heterocycles. The van der Waals surface area contributed by atoms with Crippen molar-refractivity contribution in [2.45, 2.75) is 6.61 Å². The van der Waals surface area contributed by atoms with E-state index >= 15 is 0 Å². The SMILES string of the molecule is FC(F)Oc1ccc2ccccc2c1. The monoisotopic (exact) mass is 194 g/mol. The molecule has 0 saturated heterocycles. The first-order valence-electron chi connectivity index (χ1n) is 4.19. The fourth-order valence-corrected chi connectivity index (χ4v) is 1.34. The zero-order valence-corrected chi connectivity index (χ0v) is 7.28. The smallest absolute Gasteiger partial charge is 0.387 e. The van der Waals surface area contributed by atoms with Gasteiger partial charge >= 0.3 is 6.61 Å². The molecule has 0 N–H and O–H groups in total. The van der Waals surface area contributed by atoms with Crippen molar-refractivity contribution in [1.29, 1.82) is 0 Å². The van der Waals surface area contributed by atoms with E-state index in [-0.39, 0.29) is 5.75 Å². The van der Waals surface area contributed by atoms with Gasteiger partial charge in [0.2, 0.25) is 0 Å². The maximum atomic E-state index is 11.9. The van der Waals surface area contributed by atoms with E-state index in [2.05, 4.69) is 4.74 Å². The summed E-state index contributed by atoms with van der Waals surface area (Å²) in [6.07, 6.45) is 0. The van der Waals surface area contributed by atoms with Crippen molar-refractivity contribution in [2.24, 2.45) is 0 Å². The first-order chi connectivity index (χ1) is 6.75. The molecule has 0 aliphatic rings. The Kier molecular flexibility index (Phi) is 2.31. The lowest BCUT2D eigenvalue weighted by molar-refractivity contribution is -0.0497. The van der Waals surface area contributed by atoms with Gasteiger partial charge in [-0.25, -0.2) is 0 Å². The second kappa shape index (κ2) is 3.62. The fourth-order valence-electron chi connectivity index (χ4n) is 1.34. The van der Waals surface area contributed by atoms with Gasteiger partial charge in [-0.3, -0.25) is 0 Å². The zero-order valence-electron chi connectivity index (χ0n) is 7.28. The molecule has 0 aliphatic heterocycles. The lowest BCUT2D eigenvalue weighted by Crippen LogP contribution is -2.01. The minimum Gasteiger partial charge on any atom is -0.435 e. The molecular formula is C11H8F2O. The van der Waals surface area contributed by atoms with Crippen molar-refractivity contribution in [2.75, 3.05) is 0 Å². The van der Waals surface area contributed by atoms with Gasteiger partial charge in [0.1, 0.15) is 5.75 Å². The average molecular weight is 194 g/mol. The maximum absolute atomic E-state index is 11.9. The third kappa shape index (κ3) is 1.82. The molecule has 14 heavy (non-hydrogen) atoms. The van der Waals surface area contributed by atoms with Crippen molar-refractivity contribution < 1.29 is 13.5 Å². The Bertz CT molecular complexity index is 440. The van der Waals surface area contributed by atoms with Gasteiger partial charge in [-0.1, -0.05) is 30.3 Å². The van der Waals surface area contributed by atoms with Gasteiger partial charge in [0.15, 0.2) is 0 Å². The van der Waals surface area contributed by atoms with Crippen LogP contribution in [0.3, 0.4) is 0 Å². The Morgan fingerprint density at radius 3 is 2.36 bits per heavy atom. The molecular weight excluding hydrogens is 186 g/mol. The van der Waals surface area contributed by atoms with Gasteiger partial charge in [0.05, 0.1) is 0 Å². The predicted octanol–water partition coefficient (Wildman–Crippen LogP) is 3.44. The summed E-state index contributed by atoms with van der Waals surface area (Å²) in [5, 5.41) is 1.90. The van der Waals surface area contributed by atoms with Crippen LogP contribution in [0.25, 0.3) is 10.8 Å². The van der Waals surface area contributed by atoms with E-state index in [1.807, 2.05) is 24.3 Å². The normalized spacial score (nSPS) is 10.8. The van der Waals surface area contributed by atoms with Crippen LogP contribution in [-0.4, -0.2) is 6.61 Å². The van der Waals surface area contributed by atoms with E-state index in [1.165, 1.54) is 6.07 Å². The Hall–Kier alpha value is -1.64. The molecule has 1 nitrogen and oxygen atoms in total. The number of rotatable bonds is 2. The van der Waals surface area contributed by atoms with Crippen LogP contribution in [0.15, 0.2) is 42.5 Å². The molecule has 2 aromatic carbocycles. The van der Waals surface area contributed by atoms with Crippen LogP contribution < -0.4 is 4.74 Å². The van der Waals surface area contributed by atoms with Gasteiger partial charge in [-0.2, -0.15) is 8.78 Å². The highest BCUT2D eigenvalue weighted by atomic mass is 19.3. The molecule has 0 heterocycles.